The van der Waals surface area contributed by atoms with Crippen LogP contribution in [-0.2, 0) is 4.79 Å². The van der Waals surface area contributed by atoms with Gasteiger partial charge in [0.25, 0.3) is 0 Å². The van der Waals surface area contributed by atoms with E-state index >= 15 is 0 Å². The summed E-state index contributed by atoms with van der Waals surface area (Å²) >= 11 is 0. The molecule has 0 aliphatic carbocycles. The molecule has 0 bridgehead atoms. The third-order valence-electron chi connectivity index (χ3n) is 4.30. The van der Waals surface area contributed by atoms with Crippen LogP contribution < -0.4 is 14.8 Å². The van der Waals surface area contributed by atoms with Gasteiger partial charge in [-0.2, -0.15) is 0 Å². The zero-order chi connectivity index (χ0) is 20.5. The Balaban J connectivity index is 1.99. The molecule has 7 nitrogen and oxygen atoms in total. The molecule has 0 aliphatic heterocycles. The van der Waals surface area contributed by atoms with Crippen LogP contribution in [0.4, 0.5) is 5.69 Å². The first-order valence-electron chi connectivity index (χ1n) is 9.44. The zero-order valence-electron chi connectivity index (χ0n) is 17.2. The van der Waals surface area contributed by atoms with E-state index in [1.54, 1.807) is 43.9 Å². The molecule has 0 spiro atoms. The number of amides is 1. The summed E-state index contributed by atoms with van der Waals surface area (Å²) in [5, 5.41) is 2.83. The first kappa shape index (κ1) is 21.5. The molecule has 0 saturated carbocycles. The van der Waals surface area contributed by atoms with Crippen molar-refractivity contribution in [3.8, 4) is 11.5 Å². The average molecular weight is 386 g/mol. The number of aromatic amines is 1. The number of nitrogens with zero attached hydrogens (tertiary/aromatic N) is 2. The molecule has 1 aromatic carbocycles. The lowest BCUT2D eigenvalue weighted by Gasteiger charge is -2.30. The number of ether oxygens (including phenoxy) is 2. The maximum Gasteiger partial charge on any atom is 0.248 e. The van der Waals surface area contributed by atoms with Crippen molar-refractivity contribution in [3.63, 3.8) is 0 Å². The standard InChI is InChI=1S/C21H30N4O3/c1-15(2)25(16(3)4)10-11-28-20-12-17(6-8-19(20)27-5)24-21(26)9-7-18-13-22-14-23-18/h6-9,12-16H,10-11H2,1-5H3,(H,22,23)(H,24,26)/b9-7+. The molecule has 1 amide bonds. The highest BCUT2D eigenvalue weighted by atomic mass is 16.5. The summed E-state index contributed by atoms with van der Waals surface area (Å²) in [6.07, 6.45) is 6.31. The molecule has 0 fully saturated rings. The summed E-state index contributed by atoms with van der Waals surface area (Å²) in [6.45, 7) is 10.0. The minimum Gasteiger partial charge on any atom is -0.493 e. The van der Waals surface area contributed by atoms with Gasteiger partial charge in [0.15, 0.2) is 11.5 Å². The molecular weight excluding hydrogens is 356 g/mol. The number of aromatic nitrogens is 2. The number of anilines is 1. The predicted octanol–water partition coefficient (Wildman–Crippen LogP) is 3.57. The van der Waals surface area contributed by atoms with Crippen molar-refractivity contribution in [2.45, 2.75) is 39.8 Å². The molecular formula is C21H30N4O3. The van der Waals surface area contributed by atoms with Crippen LogP contribution in [0.15, 0.2) is 36.8 Å². The van der Waals surface area contributed by atoms with Gasteiger partial charge in [-0.05, 0) is 45.9 Å². The van der Waals surface area contributed by atoms with E-state index in [1.807, 2.05) is 0 Å². The fourth-order valence-corrected chi connectivity index (χ4v) is 2.95. The number of methoxy groups -OCH3 is 1. The van der Waals surface area contributed by atoms with Gasteiger partial charge in [-0.1, -0.05) is 0 Å². The topological polar surface area (TPSA) is 79.5 Å². The number of imidazole rings is 1. The number of rotatable bonds is 10. The molecule has 1 aromatic heterocycles. The Morgan fingerprint density at radius 3 is 2.61 bits per heavy atom. The smallest absolute Gasteiger partial charge is 0.248 e. The van der Waals surface area contributed by atoms with Crippen LogP contribution in [0.5, 0.6) is 11.5 Å². The number of benzene rings is 1. The summed E-state index contributed by atoms with van der Waals surface area (Å²) in [5.74, 6) is 0.994. The number of hydrogen-bond donors (Lipinski definition) is 2. The second-order valence-electron chi connectivity index (χ2n) is 6.97. The Morgan fingerprint density at radius 2 is 2.00 bits per heavy atom. The molecule has 1 heterocycles. The van der Waals surface area contributed by atoms with Crippen molar-refractivity contribution < 1.29 is 14.3 Å². The Morgan fingerprint density at radius 1 is 1.25 bits per heavy atom. The summed E-state index contributed by atoms with van der Waals surface area (Å²) < 4.78 is 11.3. The lowest BCUT2D eigenvalue weighted by atomic mass is 10.2. The molecule has 2 aromatic rings. The van der Waals surface area contributed by atoms with Crippen LogP contribution in [0.25, 0.3) is 6.08 Å². The van der Waals surface area contributed by atoms with Crippen LogP contribution in [0.2, 0.25) is 0 Å². The van der Waals surface area contributed by atoms with Crippen LogP contribution in [0.1, 0.15) is 33.4 Å². The van der Waals surface area contributed by atoms with E-state index in [9.17, 15) is 4.79 Å². The van der Waals surface area contributed by atoms with Gasteiger partial charge in [0, 0.05) is 36.5 Å². The number of nitrogens with one attached hydrogen (secondary N) is 2. The largest absolute Gasteiger partial charge is 0.493 e. The van der Waals surface area contributed by atoms with E-state index in [2.05, 4.69) is 47.9 Å². The van der Waals surface area contributed by atoms with E-state index in [1.165, 1.54) is 6.08 Å². The number of hydrogen-bond acceptors (Lipinski definition) is 5. The summed E-state index contributed by atoms with van der Waals surface area (Å²) in [7, 11) is 1.60. The number of carbonyl (C=O) groups excluding carboxylic acids is 1. The fourth-order valence-electron chi connectivity index (χ4n) is 2.95. The lowest BCUT2D eigenvalue weighted by molar-refractivity contribution is -0.111. The molecule has 0 saturated heterocycles. The molecule has 7 heteroatoms. The minimum atomic E-state index is -0.239. The van der Waals surface area contributed by atoms with Crippen LogP contribution in [0, 0.1) is 0 Å². The van der Waals surface area contributed by atoms with E-state index < -0.39 is 0 Å². The van der Waals surface area contributed by atoms with Crippen molar-refractivity contribution in [2.24, 2.45) is 0 Å². The molecule has 0 unspecified atom stereocenters. The van der Waals surface area contributed by atoms with Gasteiger partial charge in [0.05, 0.1) is 25.3 Å². The van der Waals surface area contributed by atoms with Crippen LogP contribution in [-0.4, -0.2) is 53.1 Å². The van der Waals surface area contributed by atoms with Gasteiger partial charge in [0.2, 0.25) is 5.91 Å². The summed E-state index contributed by atoms with van der Waals surface area (Å²) in [5.41, 5.74) is 1.40. The van der Waals surface area contributed by atoms with Gasteiger partial charge in [-0.15, -0.1) is 0 Å². The van der Waals surface area contributed by atoms with Crippen LogP contribution in [0.3, 0.4) is 0 Å². The predicted molar refractivity (Wildman–Crippen MR) is 112 cm³/mol. The van der Waals surface area contributed by atoms with Gasteiger partial charge < -0.3 is 19.8 Å². The van der Waals surface area contributed by atoms with Crippen molar-refractivity contribution in [3.05, 3.63) is 42.5 Å². The summed E-state index contributed by atoms with van der Waals surface area (Å²) in [4.78, 5) is 21.3. The van der Waals surface area contributed by atoms with Crippen molar-refractivity contribution in [1.82, 2.24) is 14.9 Å². The van der Waals surface area contributed by atoms with Gasteiger partial charge in [0.1, 0.15) is 6.61 Å². The number of carbonyl (C=O) groups is 1. The SMILES string of the molecule is COc1ccc(NC(=O)/C=C/c2cnc[nH]2)cc1OCCN(C(C)C)C(C)C. The first-order chi connectivity index (χ1) is 13.4. The van der Waals surface area contributed by atoms with Gasteiger partial charge in [-0.25, -0.2) is 4.98 Å². The first-order valence-corrected chi connectivity index (χ1v) is 9.44. The third-order valence-corrected chi connectivity index (χ3v) is 4.30. The Bertz CT molecular complexity index is 762. The van der Waals surface area contributed by atoms with E-state index in [0.717, 1.165) is 12.2 Å². The second kappa shape index (κ2) is 10.5. The van der Waals surface area contributed by atoms with Crippen LogP contribution >= 0.6 is 0 Å². The van der Waals surface area contributed by atoms with Gasteiger partial charge in [-0.3, -0.25) is 9.69 Å². The van der Waals surface area contributed by atoms with Gasteiger partial charge >= 0.3 is 0 Å². The van der Waals surface area contributed by atoms with Crippen molar-refractivity contribution in [2.75, 3.05) is 25.6 Å². The Kier molecular flexibility index (Phi) is 8.07. The highest BCUT2D eigenvalue weighted by molar-refractivity contribution is 6.01. The molecule has 2 N–H and O–H groups in total. The molecule has 0 aliphatic rings. The lowest BCUT2D eigenvalue weighted by Crippen LogP contribution is -2.39. The van der Waals surface area contributed by atoms with Crippen molar-refractivity contribution in [1.29, 1.82) is 0 Å². The van der Waals surface area contributed by atoms with E-state index in [4.69, 9.17) is 9.47 Å². The molecule has 0 atom stereocenters. The maximum absolute atomic E-state index is 12.1. The second-order valence-corrected chi connectivity index (χ2v) is 6.97. The Labute approximate surface area is 166 Å². The highest BCUT2D eigenvalue weighted by Gasteiger charge is 2.14. The Hall–Kier alpha value is -2.80. The summed E-state index contributed by atoms with van der Waals surface area (Å²) in [6, 6.07) is 6.22. The minimum absolute atomic E-state index is 0.239. The monoisotopic (exact) mass is 386 g/mol. The normalized spacial score (nSPS) is 11.6. The molecule has 2 rings (SSSR count). The quantitative estimate of drug-likeness (QED) is 0.610. The average Bonchev–Trinajstić information content (AvgIpc) is 3.16. The van der Waals surface area contributed by atoms with E-state index in [0.29, 0.717) is 35.9 Å². The zero-order valence-corrected chi connectivity index (χ0v) is 17.2. The van der Waals surface area contributed by atoms with E-state index in [-0.39, 0.29) is 5.91 Å². The fraction of sp³-hybridized carbons (Fsp3) is 0.429. The number of H-pyrrole nitrogens is 1. The van der Waals surface area contributed by atoms with Crippen molar-refractivity contribution >= 4 is 17.7 Å². The molecule has 152 valence electrons. The molecule has 0 radical (unpaired) electrons. The molecule has 28 heavy (non-hydrogen) atoms. The highest BCUT2D eigenvalue weighted by Crippen LogP contribution is 2.30. The maximum atomic E-state index is 12.1. The third kappa shape index (κ3) is 6.42.